The largest absolute Gasteiger partial charge is 0.494 e. The van der Waals surface area contributed by atoms with Gasteiger partial charge in [0.2, 0.25) is 0 Å². The van der Waals surface area contributed by atoms with Gasteiger partial charge in [0.05, 0.1) is 23.7 Å². The van der Waals surface area contributed by atoms with Crippen LogP contribution in [-0.4, -0.2) is 16.7 Å². The third kappa shape index (κ3) is 3.71. The van der Waals surface area contributed by atoms with Crippen LogP contribution in [0.25, 0.3) is 16.6 Å². The Kier molecular flexibility index (Phi) is 5.59. The summed E-state index contributed by atoms with van der Waals surface area (Å²) in [5.41, 5.74) is 4.14. The van der Waals surface area contributed by atoms with Crippen LogP contribution in [0.2, 0.25) is 0 Å². The summed E-state index contributed by atoms with van der Waals surface area (Å²) in [4.78, 5) is 18.2. The standard InChI is InChI=1S/C24H21FN2O2S/c1-15-7-6-8-16(2)22(15)27-23(28)18-9-4-5-10-20(18)26-24(27)30-14-17-11-12-21(29-3)19(25)13-17/h4-13H,14H2,1-3H3. The summed E-state index contributed by atoms with van der Waals surface area (Å²) in [6, 6.07) is 18.2. The SMILES string of the molecule is COc1ccc(CSc2nc3ccccc3c(=O)n2-c2c(C)cccc2C)cc1F. The van der Waals surface area contributed by atoms with Gasteiger partial charge in [-0.1, -0.05) is 48.2 Å². The molecule has 3 aromatic carbocycles. The van der Waals surface area contributed by atoms with Crippen molar-refractivity contribution in [2.75, 3.05) is 7.11 Å². The van der Waals surface area contributed by atoms with Crippen molar-refractivity contribution in [3.05, 3.63) is 93.5 Å². The van der Waals surface area contributed by atoms with Crippen molar-refractivity contribution in [1.29, 1.82) is 0 Å². The molecule has 0 amide bonds. The molecule has 0 aliphatic heterocycles. The zero-order valence-electron chi connectivity index (χ0n) is 17.0. The first-order valence-electron chi connectivity index (χ1n) is 9.53. The number of benzene rings is 3. The van der Waals surface area contributed by atoms with Crippen LogP contribution in [0, 0.1) is 19.7 Å². The fraction of sp³-hybridized carbons (Fsp3) is 0.167. The number of hydrogen-bond acceptors (Lipinski definition) is 4. The molecule has 4 nitrogen and oxygen atoms in total. The summed E-state index contributed by atoms with van der Waals surface area (Å²) >= 11 is 1.41. The van der Waals surface area contributed by atoms with Crippen LogP contribution >= 0.6 is 11.8 Å². The van der Waals surface area contributed by atoms with Crippen LogP contribution in [0.1, 0.15) is 16.7 Å². The number of para-hydroxylation sites is 2. The van der Waals surface area contributed by atoms with Crippen molar-refractivity contribution in [2.45, 2.75) is 24.8 Å². The average Bonchev–Trinajstić information content (AvgIpc) is 2.74. The number of thioether (sulfide) groups is 1. The highest BCUT2D eigenvalue weighted by molar-refractivity contribution is 7.98. The Bertz CT molecular complexity index is 1280. The average molecular weight is 421 g/mol. The first-order valence-corrected chi connectivity index (χ1v) is 10.5. The number of methoxy groups -OCH3 is 1. The minimum atomic E-state index is -0.408. The molecule has 0 aliphatic carbocycles. The maximum Gasteiger partial charge on any atom is 0.266 e. The fourth-order valence-corrected chi connectivity index (χ4v) is 4.45. The molecule has 0 spiro atoms. The number of aryl methyl sites for hydroxylation is 2. The van der Waals surface area contributed by atoms with E-state index in [1.807, 2.05) is 56.3 Å². The van der Waals surface area contributed by atoms with Crippen LogP contribution in [0.5, 0.6) is 5.75 Å². The van der Waals surface area contributed by atoms with E-state index in [0.717, 1.165) is 22.4 Å². The quantitative estimate of drug-likeness (QED) is 0.318. The Morgan fingerprint density at radius 1 is 1.03 bits per heavy atom. The lowest BCUT2D eigenvalue weighted by Gasteiger charge is -2.17. The smallest absolute Gasteiger partial charge is 0.266 e. The van der Waals surface area contributed by atoms with Gasteiger partial charge in [0.1, 0.15) is 0 Å². The molecule has 0 unspecified atom stereocenters. The molecule has 4 aromatic rings. The van der Waals surface area contributed by atoms with Gasteiger partial charge in [0.15, 0.2) is 16.7 Å². The van der Waals surface area contributed by atoms with Crippen molar-refractivity contribution in [3.8, 4) is 11.4 Å². The molecule has 0 saturated carbocycles. The molecule has 0 fully saturated rings. The van der Waals surface area contributed by atoms with Crippen LogP contribution in [-0.2, 0) is 5.75 Å². The van der Waals surface area contributed by atoms with Crippen molar-refractivity contribution in [2.24, 2.45) is 0 Å². The monoisotopic (exact) mass is 420 g/mol. The first kappa shape index (κ1) is 20.2. The lowest BCUT2D eigenvalue weighted by atomic mass is 10.1. The number of nitrogens with zero attached hydrogens (tertiary/aromatic N) is 2. The van der Waals surface area contributed by atoms with E-state index >= 15 is 0 Å². The Labute approximate surface area is 178 Å². The van der Waals surface area contributed by atoms with E-state index in [0.29, 0.717) is 21.8 Å². The maximum atomic E-state index is 14.1. The second-order valence-electron chi connectivity index (χ2n) is 7.05. The van der Waals surface area contributed by atoms with E-state index in [-0.39, 0.29) is 11.3 Å². The molecule has 0 atom stereocenters. The molecule has 1 heterocycles. The van der Waals surface area contributed by atoms with Gasteiger partial charge in [-0.05, 0) is 54.8 Å². The molecule has 0 bridgehead atoms. The highest BCUT2D eigenvalue weighted by Crippen LogP contribution is 2.28. The van der Waals surface area contributed by atoms with Crippen LogP contribution < -0.4 is 10.3 Å². The number of halogens is 1. The third-order valence-corrected chi connectivity index (χ3v) is 6.00. The van der Waals surface area contributed by atoms with Gasteiger partial charge < -0.3 is 4.74 Å². The molecule has 6 heteroatoms. The molecule has 0 radical (unpaired) electrons. The van der Waals surface area contributed by atoms with E-state index in [2.05, 4.69) is 0 Å². The van der Waals surface area contributed by atoms with Crippen molar-refractivity contribution < 1.29 is 9.13 Å². The van der Waals surface area contributed by atoms with E-state index < -0.39 is 5.82 Å². The number of rotatable bonds is 5. The molecule has 0 N–H and O–H groups in total. The normalized spacial score (nSPS) is 11.1. The summed E-state index contributed by atoms with van der Waals surface area (Å²) in [6.07, 6.45) is 0. The van der Waals surface area contributed by atoms with Crippen LogP contribution in [0.15, 0.2) is 70.6 Å². The second kappa shape index (κ2) is 8.32. The molecular formula is C24H21FN2O2S. The fourth-order valence-electron chi connectivity index (χ4n) is 3.51. The Morgan fingerprint density at radius 3 is 2.47 bits per heavy atom. The second-order valence-corrected chi connectivity index (χ2v) is 7.99. The first-order chi connectivity index (χ1) is 14.5. The van der Waals surface area contributed by atoms with Gasteiger partial charge in [-0.25, -0.2) is 9.37 Å². The Balaban J connectivity index is 1.84. The lowest BCUT2D eigenvalue weighted by molar-refractivity contribution is 0.386. The third-order valence-electron chi connectivity index (χ3n) is 4.99. The van der Waals surface area contributed by atoms with Gasteiger partial charge >= 0.3 is 0 Å². The maximum absolute atomic E-state index is 14.1. The van der Waals surface area contributed by atoms with Crippen molar-refractivity contribution in [3.63, 3.8) is 0 Å². The minimum Gasteiger partial charge on any atom is -0.494 e. The molecule has 152 valence electrons. The predicted molar refractivity (Wildman–Crippen MR) is 119 cm³/mol. The van der Waals surface area contributed by atoms with Gasteiger partial charge in [0.25, 0.3) is 5.56 Å². The molecular weight excluding hydrogens is 399 g/mol. The van der Waals surface area contributed by atoms with E-state index in [4.69, 9.17) is 9.72 Å². The van der Waals surface area contributed by atoms with E-state index in [1.54, 1.807) is 16.7 Å². The van der Waals surface area contributed by atoms with E-state index in [9.17, 15) is 9.18 Å². The van der Waals surface area contributed by atoms with Crippen molar-refractivity contribution >= 4 is 22.7 Å². The number of ether oxygens (including phenoxy) is 1. The number of aromatic nitrogens is 2. The van der Waals surface area contributed by atoms with Gasteiger partial charge in [0, 0.05) is 5.75 Å². The van der Waals surface area contributed by atoms with Crippen LogP contribution in [0.4, 0.5) is 4.39 Å². The molecule has 30 heavy (non-hydrogen) atoms. The zero-order valence-corrected chi connectivity index (χ0v) is 17.8. The topological polar surface area (TPSA) is 44.1 Å². The summed E-state index contributed by atoms with van der Waals surface area (Å²) in [5.74, 6) is 0.269. The van der Waals surface area contributed by atoms with Gasteiger partial charge in [-0.3, -0.25) is 9.36 Å². The summed E-state index contributed by atoms with van der Waals surface area (Å²) in [7, 11) is 1.44. The predicted octanol–water partition coefficient (Wildman–Crippen LogP) is 5.44. The number of hydrogen-bond donors (Lipinski definition) is 0. The molecule has 0 saturated heterocycles. The molecule has 1 aromatic heterocycles. The van der Waals surface area contributed by atoms with Crippen molar-refractivity contribution in [1.82, 2.24) is 9.55 Å². The summed E-state index contributed by atoms with van der Waals surface area (Å²) < 4.78 is 20.8. The van der Waals surface area contributed by atoms with Gasteiger partial charge in [-0.2, -0.15) is 0 Å². The molecule has 0 aliphatic rings. The van der Waals surface area contributed by atoms with E-state index in [1.165, 1.54) is 24.9 Å². The minimum absolute atomic E-state index is 0.110. The van der Waals surface area contributed by atoms with Gasteiger partial charge in [-0.15, -0.1) is 0 Å². The Morgan fingerprint density at radius 2 is 1.77 bits per heavy atom. The summed E-state index contributed by atoms with van der Waals surface area (Å²) in [5, 5.41) is 1.15. The lowest BCUT2D eigenvalue weighted by Crippen LogP contribution is -2.23. The zero-order chi connectivity index (χ0) is 21.3. The highest BCUT2D eigenvalue weighted by Gasteiger charge is 2.16. The number of fused-ring (bicyclic) bond motifs is 1. The summed E-state index contributed by atoms with van der Waals surface area (Å²) in [6.45, 7) is 3.97. The highest BCUT2D eigenvalue weighted by atomic mass is 32.2. The molecule has 4 rings (SSSR count). The van der Waals surface area contributed by atoms with Crippen LogP contribution in [0.3, 0.4) is 0 Å². The Hall–Kier alpha value is -3.12.